The van der Waals surface area contributed by atoms with Gasteiger partial charge in [-0.05, 0) is 32.0 Å². The number of halogens is 2. The summed E-state index contributed by atoms with van der Waals surface area (Å²) in [6, 6.07) is 5.61. The first kappa shape index (κ1) is 15.2. The average Bonchev–Trinajstić information content (AvgIpc) is 3.05. The lowest BCUT2D eigenvalue weighted by Gasteiger charge is -2.07. The van der Waals surface area contributed by atoms with Crippen molar-refractivity contribution in [3.63, 3.8) is 0 Å². The zero-order valence-corrected chi connectivity index (χ0v) is 12.9. The molecule has 0 amide bonds. The summed E-state index contributed by atoms with van der Waals surface area (Å²) in [5.41, 5.74) is 1.28. The van der Waals surface area contributed by atoms with Gasteiger partial charge in [-0.1, -0.05) is 16.8 Å². The number of benzene rings is 1. The van der Waals surface area contributed by atoms with Crippen molar-refractivity contribution < 1.29 is 18.8 Å². The van der Waals surface area contributed by atoms with Crippen LogP contribution in [0.4, 0.5) is 4.39 Å². The molecule has 0 aliphatic carbocycles. The smallest absolute Gasteiger partial charge is 0.339 e. The van der Waals surface area contributed by atoms with Crippen LogP contribution in [-0.2, 0) is 0 Å². The van der Waals surface area contributed by atoms with E-state index in [1.807, 2.05) is 0 Å². The van der Waals surface area contributed by atoms with Gasteiger partial charge >= 0.3 is 5.97 Å². The second kappa shape index (κ2) is 5.51. The highest BCUT2D eigenvalue weighted by atomic mass is 35.5. The van der Waals surface area contributed by atoms with Gasteiger partial charge in [0.15, 0.2) is 0 Å². The fourth-order valence-corrected chi connectivity index (χ4v) is 2.48. The summed E-state index contributed by atoms with van der Waals surface area (Å²) in [4.78, 5) is 11.6. The highest BCUT2D eigenvalue weighted by molar-refractivity contribution is 6.30. The van der Waals surface area contributed by atoms with Crippen LogP contribution in [0.25, 0.3) is 17.1 Å². The SMILES string of the molecule is Cc1cc(-c2c(C(=O)O)c(C)nn2-c2ccc(F)c(Cl)c2)no1. The van der Waals surface area contributed by atoms with E-state index in [9.17, 15) is 14.3 Å². The number of carboxylic acid groups (broad SMARTS) is 1. The molecular weight excluding hydrogens is 325 g/mol. The molecule has 118 valence electrons. The van der Waals surface area contributed by atoms with Crippen LogP contribution in [0.2, 0.25) is 5.02 Å². The number of hydrogen-bond acceptors (Lipinski definition) is 4. The Balaban J connectivity index is 2.30. The van der Waals surface area contributed by atoms with Crippen LogP contribution in [0.5, 0.6) is 0 Å². The molecule has 2 heterocycles. The number of carbonyl (C=O) groups is 1. The standard InChI is InChI=1S/C15H11ClFN3O3/c1-7-5-12(19-23-7)14-13(15(21)22)8(2)18-20(14)9-3-4-11(17)10(16)6-9/h3-6H,1-2H3,(H,21,22). The van der Waals surface area contributed by atoms with Crippen LogP contribution in [0.15, 0.2) is 28.8 Å². The van der Waals surface area contributed by atoms with Crippen LogP contribution in [-0.4, -0.2) is 26.0 Å². The van der Waals surface area contributed by atoms with E-state index in [0.29, 0.717) is 22.8 Å². The molecule has 0 fully saturated rings. The number of carboxylic acids is 1. The van der Waals surface area contributed by atoms with E-state index in [2.05, 4.69) is 10.3 Å². The van der Waals surface area contributed by atoms with Gasteiger partial charge in [0.1, 0.15) is 28.5 Å². The largest absolute Gasteiger partial charge is 0.478 e. The predicted octanol–water partition coefficient (Wildman–Crippen LogP) is 3.63. The highest BCUT2D eigenvalue weighted by Gasteiger charge is 2.25. The second-order valence-corrected chi connectivity index (χ2v) is 5.35. The number of nitrogens with zero attached hydrogens (tertiary/aromatic N) is 3. The lowest BCUT2D eigenvalue weighted by molar-refractivity contribution is 0.0697. The molecule has 8 heteroatoms. The molecule has 0 bridgehead atoms. The van der Waals surface area contributed by atoms with E-state index in [1.54, 1.807) is 19.9 Å². The Kier molecular flexibility index (Phi) is 3.65. The molecule has 0 radical (unpaired) electrons. The minimum Gasteiger partial charge on any atom is -0.478 e. The van der Waals surface area contributed by atoms with Crippen molar-refractivity contribution in [3.8, 4) is 17.1 Å². The molecule has 1 aromatic carbocycles. The fraction of sp³-hybridized carbons (Fsp3) is 0.133. The van der Waals surface area contributed by atoms with Crippen molar-refractivity contribution >= 4 is 17.6 Å². The van der Waals surface area contributed by atoms with Crippen LogP contribution < -0.4 is 0 Å². The Hall–Kier alpha value is -2.67. The molecule has 2 aromatic heterocycles. The summed E-state index contributed by atoms with van der Waals surface area (Å²) >= 11 is 5.81. The minimum atomic E-state index is -1.14. The van der Waals surface area contributed by atoms with Crippen molar-refractivity contribution in [3.05, 3.63) is 52.1 Å². The zero-order valence-electron chi connectivity index (χ0n) is 12.2. The summed E-state index contributed by atoms with van der Waals surface area (Å²) in [6.07, 6.45) is 0. The molecule has 23 heavy (non-hydrogen) atoms. The summed E-state index contributed by atoms with van der Waals surface area (Å²) in [7, 11) is 0. The summed E-state index contributed by atoms with van der Waals surface area (Å²) in [5, 5.41) is 17.5. The van der Waals surface area contributed by atoms with E-state index in [-0.39, 0.29) is 16.3 Å². The van der Waals surface area contributed by atoms with Crippen LogP contribution in [0.3, 0.4) is 0 Å². The van der Waals surface area contributed by atoms with Gasteiger partial charge in [0, 0.05) is 6.07 Å². The van der Waals surface area contributed by atoms with E-state index >= 15 is 0 Å². The van der Waals surface area contributed by atoms with Gasteiger partial charge in [-0.25, -0.2) is 13.9 Å². The average molecular weight is 336 g/mol. The van der Waals surface area contributed by atoms with Gasteiger partial charge < -0.3 is 9.63 Å². The lowest BCUT2D eigenvalue weighted by Crippen LogP contribution is -2.03. The van der Waals surface area contributed by atoms with Gasteiger partial charge in [0.2, 0.25) is 0 Å². The van der Waals surface area contributed by atoms with Crippen LogP contribution in [0.1, 0.15) is 21.8 Å². The Bertz CT molecular complexity index is 917. The maximum Gasteiger partial charge on any atom is 0.339 e. The number of aromatic nitrogens is 3. The van der Waals surface area contributed by atoms with E-state index < -0.39 is 11.8 Å². The lowest BCUT2D eigenvalue weighted by atomic mass is 10.1. The monoisotopic (exact) mass is 335 g/mol. The van der Waals surface area contributed by atoms with Gasteiger partial charge in [-0.15, -0.1) is 0 Å². The van der Waals surface area contributed by atoms with Gasteiger partial charge in [0.25, 0.3) is 0 Å². The first-order chi connectivity index (χ1) is 10.9. The molecule has 0 aliphatic rings. The zero-order chi connectivity index (χ0) is 16.7. The summed E-state index contributed by atoms with van der Waals surface area (Å²) in [6.45, 7) is 3.26. The minimum absolute atomic E-state index is 0.00116. The maximum atomic E-state index is 13.4. The molecule has 0 saturated heterocycles. The third-order valence-electron chi connectivity index (χ3n) is 3.29. The molecular formula is C15H11ClFN3O3. The number of aryl methyl sites for hydroxylation is 2. The Morgan fingerprint density at radius 2 is 2.09 bits per heavy atom. The van der Waals surface area contributed by atoms with Crippen molar-refractivity contribution in [1.82, 2.24) is 14.9 Å². The van der Waals surface area contributed by atoms with Crippen LogP contribution in [0, 0.1) is 19.7 Å². The second-order valence-electron chi connectivity index (χ2n) is 4.95. The van der Waals surface area contributed by atoms with Crippen molar-refractivity contribution in [2.24, 2.45) is 0 Å². The Morgan fingerprint density at radius 1 is 1.35 bits per heavy atom. The van der Waals surface area contributed by atoms with Crippen molar-refractivity contribution in [2.45, 2.75) is 13.8 Å². The predicted molar refractivity (Wildman–Crippen MR) is 80.5 cm³/mol. The third-order valence-corrected chi connectivity index (χ3v) is 3.58. The molecule has 1 N–H and O–H groups in total. The van der Waals surface area contributed by atoms with Gasteiger partial charge in [-0.3, -0.25) is 0 Å². The Labute approximate surface area is 135 Å². The van der Waals surface area contributed by atoms with Gasteiger partial charge in [-0.2, -0.15) is 5.10 Å². The fourth-order valence-electron chi connectivity index (χ4n) is 2.30. The van der Waals surface area contributed by atoms with E-state index in [0.717, 1.165) is 0 Å². The topological polar surface area (TPSA) is 81.1 Å². The maximum absolute atomic E-state index is 13.4. The molecule has 0 unspecified atom stereocenters. The van der Waals surface area contributed by atoms with Gasteiger partial charge in [0.05, 0.1) is 16.4 Å². The summed E-state index contributed by atoms with van der Waals surface area (Å²) in [5.74, 6) is -1.19. The Morgan fingerprint density at radius 3 is 2.65 bits per heavy atom. The van der Waals surface area contributed by atoms with Crippen LogP contribution >= 0.6 is 11.6 Å². The first-order valence-electron chi connectivity index (χ1n) is 6.60. The highest BCUT2D eigenvalue weighted by Crippen LogP contribution is 2.30. The van der Waals surface area contributed by atoms with Crippen molar-refractivity contribution in [2.75, 3.05) is 0 Å². The normalized spacial score (nSPS) is 11.0. The quantitative estimate of drug-likeness (QED) is 0.790. The molecule has 0 spiro atoms. The molecule has 3 aromatic rings. The molecule has 0 aliphatic heterocycles. The number of hydrogen-bond donors (Lipinski definition) is 1. The third kappa shape index (κ3) is 2.59. The van der Waals surface area contributed by atoms with Crippen molar-refractivity contribution in [1.29, 1.82) is 0 Å². The number of rotatable bonds is 3. The first-order valence-corrected chi connectivity index (χ1v) is 6.98. The summed E-state index contributed by atoms with van der Waals surface area (Å²) < 4.78 is 19.8. The van der Waals surface area contributed by atoms with E-state index in [1.165, 1.54) is 22.9 Å². The molecule has 0 atom stereocenters. The molecule has 3 rings (SSSR count). The number of aromatic carboxylic acids is 1. The molecule has 6 nitrogen and oxygen atoms in total. The van der Waals surface area contributed by atoms with E-state index in [4.69, 9.17) is 16.1 Å². The molecule has 0 saturated carbocycles.